The Labute approximate surface area is 188 Å². The van der Waals surface area contributed by atoms with E-state index in [1.54, 1.807) is 29.2 Å². The van der Waals surface area contributed by atoms with Crippen molar-refractivity contribution in [2.75, 3.05) is 29.9 Å². The maximum absolute atomic E-state index is 13.0. The lowest BCUT2D eigenvalue weighted by Gasteiger charge is -2.20. The lowest BCUT2D eigenvalue weighted by Crippen LogP contribution is -2.33. The topological polar surface area (TPSA) is 87.7 Å². The predicted octanol–water partition coefficient (Wildman–Crippen LogP) is 3.20. The van der Waals surface area contributed by atoms with E-state index in [9.17, 15) is 14.4 Å². The molecule has 2 saturated heterocycles. The maximum Gasteiger partial charge on any atom is 0.253 e. The Morgan fingerprint density at radius 1 is 1.12 bits per heavy atom. The van der Waals surface area contributed by atoms with Crippen LogP contribution in [-0.2, 0) is 14.3 Å². The van der Waals surface area contributed by atoms with Gasteiger partial charge in [-0.15, -0.1) is 0 Å². The molecule has 0 aliphatic carbocycles. The van der Waals surface area contributed by atoms with Crippen LogP contribution < -0.4 is 15.5 Å². The summed E-state index contributed by atoms with van der Waals surface area (Å²) in [6.07, 6.45) is 2.13. The molecule has 2 heterocycles. The van der Waals surface area contributed by atoms with E-state index in [0.29, 0.717) is 24.3 Å². The van der Waals surface area contributed by atoms with Crippen molar-refractivity contribution in [1.82, 2.24) is 5.32 Å². The Hall–Kier alpha value is -3.19. The Morgan fingerprint density at radius 3 is 2.72 bits per heavy atom. The summed E-state index contributed by atoms with van der Waals surface area (Å²) < 4.78 is 5.55. The van der Waals surface area contributed by atoms with Gasteiger partial charge in [0.15, 0.2) is 0 Å². The number of hydrogen-bond donors (Lipinski definition) is 2. The van der Waals surface area contributed by atoms with Crippen LogP contribution in [0.25, 0.3) is 0 Å². The number of benzene rings is 2. The van der Waals surface area contributed by atoms with Crippen LogP contribution >= 0.6 is 0 Å². The van der Waals surface area contributed by atoms with E-state index in [-0.39, 0.29) is 30.2 Å². The molecule has 7 nitrogen and oxygen atoms in total. The van der Waals surface area contributed by atoms with Crippen LogP contribution in [0.4, 0.5) is 11.4 Å². The fourth-order valence-electron chi connectivity index (χ4n) is 4.28. The van der Waals surface area contributed by atoms with Crippen molar-refractivity contribution < 1.29 is 19.1 Å². The van der Waals surface area contributed by atoms with Crippen LogP contribution in [0.2, 0.25) is 0 Å². The van der Waals surface area contributed by atoms with E-state index in [4.69, 9.17) is 4.74 Å². The average Bonchev–Trinajstić information content (AvgIpc) is 3.44. The molecular formula is C25H29N3O4. The first-order valence-corrected chi connectivity index (χ1v) is 11.1. The van der Waals surface area contributed by atoms with Crippen molar-refractivity contribution in [1.29, 1.82) is 0 Å². The normalized spacial score (nSPS) is 20.4. The number of hydrogen-bond acceptors (Lipinski definition) is 4. The minimum Gasteiger partial charge on any atom is -0.376 e. The van der Waals surface area contributed by atoms with E-state index >= 15 is 0 Å². The number of nitrogens with zero attached hydrogens (tertiary/aromatic N) is 1. The van der Waals surface area contributed by atoms with Crippen molar-refractivity contribution in [2.45, 2.75) is 39.2 Å². The zero-order valence-electron chi connectivity index (χ0n) is 18.5. The number of amides is 3. The molecule has 0 aromatic heterocycles. The van der Waals surface area contributed by atoms with Gasteiger partial charge in [0.1, 0.15) is 0 Å². The predicted molar refractivity (Wildman–Crippen MR) is 123 cm³/mol. The van der Waals surface area contributed by atoms with Gasteiger partial charge in [-0.1, -0.05) is 24.3 Å². The summed E-state index contributed by atoms with van der Waals surface area (Å²) in [5.74, 6) is -1.06. The number of carbonyl (C=O) groups is 3. The molecule has 2 fully saturated rings. The number of rotatable bonds is 6. The fourth-order valence-corrected chi connectivity index (χ4v) is 4.28. The number of carbonyl (C=O) groups excluding carboxylic acids is 3. The average molecular weight is 436 g/mol. The second-order valence-corrected chi connectivity index (χ2v) is 8.50. The van der Waals surface area contributed by atoms with Crippen LogP contribution in [0, 0.1) is 19.8 Å². The van der Waals surface area contributed by atoms with Gasteiger partial charge in [0.25, 0.3) is 5.91 Å². The lowest BCUT2D eigenvalue weighted by atomic mass is 10.1. The lowest BCUT2D eigenvalue weighted by molar-refractivity contribution is -0.122. The molecule has 2 unspecified atom stereocenters. The number of anilines is 2. The number of ether oxygens (including phenoxy) is 1. The van der Waals surface area contributed by atoms with Crippen LogP contribution in [0.1, 0.15) is 40.7 Å². The zero-order chi connectivity index (χ0) is 22.7. The van der Waals surface area contributed by atoms with Crippen LogP contribution in [-0.4, -0.2) is 43.5 Å². The van der Waals surface area contributed by atoms with Crippen molar-refractivity contribution in [2.24, 2.45) is 5.92 Å². The van der Waals surface area contributed by atoms with Crippen molar-refractivity contribution >= 4 is 29.1 Å². The molecule has 2 N–H and O–H groups in total. The SMILES string of the molecule is Cc1cccc(N2CC(C(=O)Nc3ccccc3C(=O)NCC3CCCO3)CC2=O)c1C. The van der Waals surface area contributed by atoms with Gasteiger partial charge in [-0.3, -0.25) is 14.4 Å². The standard InChI is InChI=1S/C25H29N3O4/c1-16-7-5-11-22(17(16)2)28-15-18(13-23(28)29)24(30)27-21-10-4-3-9-20(21)25(31)26-14-19-8-6-12-32-19/h3-5,7,9-11,18-19H,6,8,12-15H2,1-2H3,(H,26,31)(H,27,30). The first-order chi connectivity index (χ1) is 15.4. The molecule has 2 aromatic carbocycles. The van der Waals surface area contributed by atoms with Crippen LogP contribution in [0.5, 0.6) is 0 Å². The smallest absolute Gasteiger partial charge is 0.253 e. The van der Waals surface area contributed by atoms with E-state index in [2.05, 4.69) is 10.6 Å². The molecule has 4 rings (SSSR count). The van der Waals surface area contributed by atoms with E-state index in [1.807, 2.05) is 32.0 Å². The highest BCUT2D eigenvalue weighted by molar-refractivity contribution is 6.07. The van der Waals surface area contributed by atoms with Gasteiger partial charge in [-0.25, -0.2) is 0 Å². The van der Waals surface area contributed by atoms with Gasteiger partial charge in [-0.2, -0.15) is 0 Å². The molecule has 32 heavy (non-hydrogen) atoms. The van der Waals surface area contributed by atoms with E-state index in [0.717, 1.165) is 36.3 Å². The summed E-state index contributed by atoms with van der Waals surface area (Å²) in [7, 11) is 0. The van der Waals surface area contributed by atoms with Gasteiger partial charge in [0.2, 0.25) is 11.8 Å². The second-order valence-electron chi connectivity index (χ2n) is 8.50. The highest BCUT2D eigenvalue weighted by Gasteiger charge is 2.36. The quantitative estimate of drug-likeness (QED) is 0.729. The zero-order valence-corrected chi connectivity index (χ0v) is 18.5. The van der Waals surface area contributed by atoms with Gasteiger partial charge in [0.05, 0.1) is 23.3 Å². The summed E-state index contributed by atoms with van der Waals surface area (Å²) in [5, 5.41) is 5.76. The fraction of sp³-hybridized carbons (Fsp3) is 0.400. The van der Waals surface area contributed by atoms with Crippen molar-refractivity contribution in [3.05, 3.63) is 59.2 Å². The van der Waals surface area contributed by atoms with Crippen molar-refractivity contribution in [3.8, 4) is 0 Å². The molecule has 2 aromatic rings. The number of aryl methyl sites for hydroxylation is 1. The molecule has 2 aliphatic heterocycles. The molecule has 0 spiro atoms. The second kappa shape index (κ2) is 9.53. The number of nitrogens with one attached hydrogen (secondary N) is 2. The van der Waals surface area contributed by atoms with Gasteiger partial charge >= 0.3 is 0 Å². The van der Waals surface area contributed by atoms with Gasteiger partial charge < -0.3 is 20.3 Å². The van der Waals surface area contributed by atoms with E-state index < -0.39 is 5.92 Å². The number of para-hydroxylation sites is 1. The minimum atomic E-state index is -0.481. The summed E-state index contributed by atoms with van der Waals surface area (Å²) >= 11 is 0. The largest absolute Gasteiger partial charge is 0.376 e. The summed E-state index contributed by atoms with van der Waals surface area (Å²) in [5.41, 5.74) is 3.83. The Morgan fingerprint density at radius 2 is 1.94 bits per heavy atom. The highest BCUT2D eigenvalue weighted by Crippen LogP contribution is 2.30. The minimum absolute atomic E-state index is 0.0428. The summed E-state index contributed by atoms with van der Waals surface area (Å²) in [4.78, 5) is 40.0. The molecule has 3 amide bonds. The highest BCUT2D eigenvalue weighted by atomic mass is 16.5. The van der Waals surface area contributed by atoms with Crippen LogP contribution in [0.3, 0.4) is 0 Å². The molecule has 0 bridgehead atoms. The first kappa shape index (κ1) is 22.0. The maximum atomic E-state index is 13.0. The third-order valence-electron chi connectivity index (χ3n) is 6.31. The van der Waals surface area contributed by atoms with Crippen molar-refractivity contribution in [3.63, 3.8) is 0 Å². The van der Waals surface area contributed by atoms with E-state index in [1.165, 1.54) is 0 Å². The molecule has 0 radical (unpaired) electrons. The van der Waals surface area contributed by atoms with Gasteiger partial charge in [0, 0.05) is 31.8 Å². The first-order valence-electron chi connectivity index (χ1n) is 11.1. The Balaban J connectivity index is 1.42. The summed E-state index contributed by atoms with van der Waals surface area (Å²) in [6, 6.07) is 12.8. The molecule has 2 atom stereocenters. The third-order valence-corrected chi connectivity index (χ3v) is 6.31. The van der Waals surface area contributed by atoms with Crippen LogP contribution in [0.15, 0.2) is 42.5 Å². The molecule has 168 valence electrons. The monoisotopic (exact) mass is 435 g/mol. The Kier molecular flexibility index (Phi) is 6.55. The molecular weight excluding hydrogens is 406 g/mol. The third kappa shape index (κ3) is 4.67. The molecule has 2 aliphatic rings. The Bertz CT molecular complexity index is 1030. The molecule has 7 heteroatoms. The molecule has 0 saturated carbocycles. The summed E-state index contributed by atoms with van der Waals surface area (Å²) in [6.45, 7) is 5.49. The van der Waals surface area contributed by atoms with Gasteiger partial charge in [-0.05, 0) is 56.0 Å².